The maximum Gasteiger partial charge on any atom is 0.251 e. The van der Waals surface area contributed by atoms with Gasteiger partial charge in [0, 0.05) is 49.7 Å². The Labute approximate surface area is 111 Å². The Kier molecular flexibility index (Phi) is 3.85. The Balaban J connectivity index is 2.01. The number of aromatic amines is 1. The van der Waals surface area contributed by atoms with Gasteiger partial charge in [-0.25, -0.2) is 0 Å². The first-order chi connectivity index (χ1) is 9.09. The Hall–Kier alpha value is -2.30. The van der Waals surface area contributed by atoms with E-state index >= 15 is 0 Å². The third kappa shape index (κ3) is 2.93. The van der Waals surface area contributed by atoms with Crippen LogP contribution in [-0.2, 0) is 4.79 Å². The molecule has 5 heteroatoms. The molecule has 2 rings (SSSR count). The summed E-state index contributed by atoms with van der Waals surface area (Å²) in [6.07, 6.45) is 2.11. The highest BCUT2D eigenvalue weighted by Gasteiger charge is 2.11. The van der Waals surface area contributed by atoms with Crippen LogP contribution in [-0.4, -0.2) is 42.3 Å². The second-order valence-corrected chi connectivity index (χ2v) is 4.54. The number of aromatic nitrogens is 1. The average molecular weight is 259 g/mol. The van der Waals surface area contributed by atoms with Gasteiger partial charge in [0.2, 0.25) is 5.91 Å². The molecule has 0 saturated carbocycles. The summed E-state index contributed by atoms with van der Waals surface area (Å²) in [7, 11) is 3.40. The number of amides is 2. The van der Waals surface area contributed by atoms with E-state index in [1.807, 2.05) is 18.2 Å². The van der Waals surface area contributed by atoms with Gasteiger partial charge in [-0.15, -0.1) is 0 Å². The Morgan fingerprint density at radius 3 is 2.79 bits per heavy atom. The van der Waals surface area contributed by atoms with Crippen molar-refractivity contribution in [2.45, 2.75) is 6.42 Å². The van der Waals surface area contributed by atoms with Gasteiger partial charge < -0.3 is 15.2 Å². The van der Waals surface area contributed by atoms with Crippen molar-refractivity contribution in [3.63, 3.8) is 0 Å². The van der Waals surface area contributed by atoms with E-state index in [0.29, 0.717) is 18.5 Å². The Morgan fingerprint density at radius 1 is 1.26 bits per heavy atom. The van der Waals surface area contributed by atoms with Crippen molar-refractivity contribution in [2.75, 3.05) is 20.6 Å². The van der Waals surface area contributed by atoms with Gasteiger partial charge in [-0.05, 0) is 18.2 Å². The van der Waals surface area contributed by atoms with Crippen LogP contribution in [0.1, 0.15) is 16.8 Å². The van der Waals surface area contributed by atoms with Crippen LogP contribution in [0.2, 0.25) is 0 Å². The number of carbonyl (C=O) groups excluding carboxylic acids is 2. The molecule has 0 saturated heterocycles. The van der Waals surface area contributed by atoms with Crippen molar-refractivity contribution in [1.29, 1.82) is 0 Å². The molecule has 0 fully saturated rings. The minimum Gasteiger partial charge on any atom is -0.361 e. The molecular formula is C14H17N3O2. The number of hydrogen-bond acceptors (Lipinski definition) is 2. The van der Waals surface area contributed by atoms with Gasteiger partial charge in [0.25, 0.3) is 5.91 Å². The van der Waals surface area contributed by atoms with E-state index in [4.69, 9.17) is 0 Å². The van der Waals surface area contributed by atoms with E-state index in [1.165, 1.54) is 4.90 Å². The summed E-state index contributed by atoms with van der Waals surface area (Å²) in [6.45, 7) is 0.344. The second kappa shape index (κ2) is 5.56. The zero-order valence-electron chi connectivity index (χ0n) is 11.1. The number of hydrogen-bond donors (Lipinski definition) is 2. The Bertz CT molecular complexity index is 602. The van der Waals surface area contributed by atoms with E-state index in [-0.39, 0.29) is 11.8 Å². The van der Waals surface area contributed by atoms with Gasteiger partial charge in [-0.3, -0.25) is 9.59 Å². The third-order valence-corrected chi connectivity index (χ3v) is 2.96. The first-order valence-electron chi connectivity index (χ1n) is 6.14. The molecule has 1 aromatic carbocycles. The van der Waals surface area contributed by atoms with Crippen molar-refractivity contribution < 1.29 is 9.59 Å². The highest BCUT2D eigenvalue weighted by atomic mass is 16.2. The summed E-state index contributed by atoms with van der Waals surface area (Å²) >= 11 is 0. The van der Waals surface area contributed by atoms with Crippen LogP contribution >= 0.6 is 0 Å². The van der Waals surface area contributed by atoms with E-state index < -0.39 is 0 Å². The van der Waals surface area contributed by atoms with E-state index in [9.17, 15) is 9.59 Å². The molecule has 2 amide bonds. The first kappa shape index (κ1) is 13.1. The van der Waals surface area contributed by atoms with Gasteiger partial charge >= 0.3 is 0 Å². The predicted molar refractivity (Wildman–Crippen MR) is 73.9 cm³/mol. The number of H-pyrrole nitrogens is 1. The molecule has 0 aliphatic heterocycles. The number of nitrogens with one attached hydrogen (secondary N) is 2. The van der Waals surface area contributed by atoms with Crippen LogP contribution in [0.15, 0.2) is 30.5 Å². The fraction of sp³-hybridized carbons (Fsp3) is 0.286. The lowest BCUT2D eigenvalue weighted by Gasteiger charge is -2.10. The summed E-state index contributed by atoms with van der Waals surface area (Å²) in [6, 6.07) is 7.40. The van der Waals surface area contributed by atoms with Crippen molar-refractivity contribution >= 4 is 22.7 Å². The zero-order valence-corrected chi connectivity index (χ0v) is 11.1. The van der Waals surface area contributed by atoms with E-state index in [0.717, 1.165) is 10.9 Å². The summed E-state index contributed by atoms with van der Waals surface area (Å²) in [4.78, 5) is 28.0. The van der Waals surface area contributed by atoms with Crippen LogP contribution in [0.3, 0.4) is 0 Å². The number of benzene rings is 1. The molecule has 0 unspecified atom stereocenters. The molecule has 100 valence electrons. The maximum atomic E-state index is 12.1. The van der Waals surface area contributed by atoms with Crippen molar-refractivity contribution in [3.05, 3.63) is 36.0 Å². The average Bonchev–Trinajstić information content (AvgIpc) is 2.86. The van der Waals surface area contributed by atoms with Crippen molar-refractivity contribution in [1.82, 2.24) is 15.2 Å². The van der Waals surface area contributed by atoms with Crippen LogP contribution in [0.25, 0.3) is 10.9 Å². The summed E-state index contributed by atoms with van der Waals surface area (Å²) in [5, 5.41) is 3.65. The fourth-order valence-electron chi connectivity index (χ4n) is 1.89. The van der Waals surface area contributed by atoms with Crippen molar-refractivity contribution in [2.24, 2.45) is 0 Å². The van der Waals surface area contributed by atoms with Crippen LogP contribution < -0.4 is 5.32 Å². The van der Waals surface area contributed by atoms with Gasteiger partial charge in [-0.1, -0.05) is 6.07 Å². The van der Waals surface area contributed by atoms with Gasteiger partial charge in [0.15, 0.2) is 0 Å². The van der Waals surface area contributed by atoms with Crippen LogP contribution in [0.4, 0.5) is 0 Å². The molecule has 0 radical (unpaired) electrons. The second-order valence-electron chi connectivity index (χ2n) is 4.54. The lowest BCUT2D eigenvalue weighted by atomic mass is 10.1. The number of nitrogens with zero attached hydrogens (tertiary/aromatic N) is 1. The number of rotatable bonds is 4. The maximum absolute atomic E-state index is 12.1. The van der Waals surface area contributed by atoms with E-state index in [1.54, 1.807) is 26.4 Å². The van der Waals surface area contributed by atoms with Gasteiger partial charge in [0.05, 0.1) is 0 Å². The number of carbonyl (C=O) groups is 2. The first-order valence-corrected chi connectivity index (χ1v) is 6.14. The van der Waals surface area contributed by atoms with E-state index in [2.05, 4.69) is 10.3 Å². The lowest BCUT2D eigenvalue weighted by molar-refractivity contribution is -0.128. The number of fused-ring (bicyclic) bond motifs is 1. The van der Waals surface area contributed by atoms with Gasteiger partial charge in [-0.2, -0.15) is 0 Å². The topological polar surface area (TPSA) is 65.2 Å². The minimum absolute atomic E-state index is 0.000142. The normalized spacial score (nSPS) is 10.4. The molecule has 0 atom stereocenters. The smallest absolute Gasteiger partial charge is 0.251 e. The standard InChI is InChI=1S/C14H17N3O2/c1-17(2)13(18)7-9-16-14(19)11-4-3-5-12-10(11)6-8-15-12/h3-6,8,15H,7,9H2,1-2H3,(H,16,19). The molecule has 0 spiro atoms. The summed E-state index contributed by atoms with van der Waals surface area (Å²) < 4.78 is 0. The minimum atomic E-state index is -0.156. The molecule has 0 aliphatic carbocycles. The van der Waals surface area contributed by atoms with Crippen LogP contribution in [0, 0.1) is 0 Å². The molecule has 0 aliphatic rings. The van der Waals surface area contributed by atoms with Crippen LogP contribution in [0.5, 0.6) is 0 Å². The predicted octanol–water partition coefficient (Wildman–Crippen LogP) is 1.38. The molecule has 2 aromatic rings. The molecule has 2 N–H and O–H groups in total. The molecule has 0 bridgehead atoms. The summed E-state index contributed by atoms with van der Waals surface area (Å²) in [5.74, 6) is -0.156. The lowest BCUT2D eigenvalue weighted by Crippen LogP contribution is -2.30. The largest absolute Gasteiger partial charge is 0.361 e. The molecule has 1 aromatic heterocycles. The quantitative estimate of drug-likeness (QED) is 0.871. The zero-order chi connectivity index (χ0) is 13.8. The van der Waals surface area contributed by atoms with Crippen molar-refractivity contribution in [3.8, 4) is 0 Å². The summed E-state index contributed by atoms with van der Waals surface area (Å²) in [5.41, 5.74) is 1.55. The highest BCUT2D eigenvalue weighted by Crippen LogP contribution is 2.16. The molecule has 1 heterocycles. The highest BCUT2D eigenvalue weighted by molar-refractivity contribution is 6.06. The third-order valence-electron chi connectivity index (χ3n) is 2.96. The fourth-order valence-corrected chi connectivity index (χ4v) is 1.89. The SMILES string of the molecule is CN(C)C(=O)CCNC(=O)c1cccc2[nH]ccc12. The molecule has 19 heavy (non-hydrogen) atoms. The monoisotopic (exact) mass is 259 g/mol. The molecular weight excluding hydrogens is 242 g/mol. The Morgan fingerprint density at radius 2 is 2.05 bits per heavy atom. The van der Waals surface area contributed by atoms with Gasteiger partial charge in [0.1, 0.15) is 0 Å². The molecule has 5 nitrogen and oxygen atoms in total.